The minimum atomic E-state index is -0.450. The molecule has 30 heavy (non-hydrogen) atoms. The standard InChI is InChI=1S/C23H22N4O3/c1-16-4-6-19(7-5-16)27-14-18(13-21(27)28)23(29)26-22-20(3-2-10-25-22)30-15-17-8-11-24-12-9-17/h2-12,18H,13-15H2,1H3,(H,25,26,29). The Hall–Kier alpha value is -3.74. The first-order valence-electron chi connectivity index (χ1n) is 9.75. The van der Waals surface area contributed by atoms with Gasteiger partial charge >= 0.3 is 0 Å². The second kappa shape index (κ2) is 8.73. The molecule has 1 aromatic carbocycles. The maximum atomic E-state index is 12.8. The molecule has 1 aliphatic heterocycles. The lowest BCUT2D eigenvalue weighted by Gasteiger charge is -2.17. The fourth-order valence-electron chi connectivity index (χ4n) is 3.32. The summed E-state index contributed by atoms with van der Waals surface area (Å²) in [6, 6.07) is 14.9. The van der Waals surface area contributed by atoms with E-state index in [0.29, 0.717) is 24.7 Å². The van der Waals surface area contributed by atoms with Crippen molar-refractivity contribution in [3.8, 4) is 5.75 Å². The molecule has 7 nitrogen and oxygen atoms in total. The quantitative estimate of drug-likeness (QED) is 0.684. The van der Waals surface area contributed by atoms with Crippen molar-refractivity contribution in [1.82, 2.24) is 9.97 Å². The van der Waals surface area contributed by atoms with Crippen LogP contribution < -0.4 is 15.0 Å². The van der Waals surface area contributed by atoms with Gasteiger partial charge in [-0.1, -0.05) is 17.7 Å². The van der Waals surface area contributed by atoms with Crippen LogP contribution in [0.5, 0.6) is 5.75 Å². The van der Waals surface area contributed by atoms with Crippen molar-refractivity contribution < 1.29 is 14.3 Å². The van der Waals surface area contributed by atoms with E-state index in [2.05, 4.69) is 15.3 Å². The van der Waals surface area contributed by atoms with Crippen molar-refractivity contribution >= 4 is 23.3 Å². The molecule has 2 amide bonds. The Labute approximate surface area is 174 Å². The molecule has 2 aromatic heterocycles. The van der Waals surface area contributed by atoms with Crippen LogP contribution in [0.1, 0.15) is 17.5 Å². The number of carbonyl (C=O) groups excluding carboxylic acids is 2. The molecule has 3 aromatic rings. The molecule has 0 aliphatic carbocycles. The van der Waals surface area contributed by atoms with E-state index in [1.54, 1.807) is 35.6 Å². The van der Waals surface area contributed by atoms with E-state index in [0.717, 1.165) is 16.8 Å². The number of carbonyl (C=O) groups is 2. The number of nitrogens with one attached hydrogen (secondary N) is 1. The molecule has 0 bridgehead atoms. The summed E-state index contributed by atoms with van der Waals surface area (Å²) in [5.74, 6) is 0.0635. The number of ether oxygens (including phenoxy) is 1. The third-order valence-corrected chi connectivity index (χ3v) is 5.00. The van der Waals surface area contributed by atoms with Gasteiger partial charge in [0.2, 0.25) is 11.8 Å². The highest BCUT2D eigenvalue weighted by atomic mass is 16.5. The molecule has 1 fully saturated rings. The predicted octanol–water partition coefficient (Wildman–Crippen LogP) is 3.36. The van der Waals surface area contributed by atoms with Gasteiger partial charge in [0.1, 0.15) is 6.61 Å². The lowest BCUT2D eigenvalue weighted by atomic mass is 10.1. The first kappa shape index (κ1) is 19.6. The number of aromatic nitrogens is 2. The van der Waals surface area contributed by atoms with Crippen LogP contribution in [-0.4, -0.2) is 28.3 Å². The summed E-state index contributed by atoms with van der Waals surface area (Å²) in [6.07, 6.45) is 5.15. The Morgan fingerprint density at radius 2 is 1.90 bits per heavy atom. The molecular formula is C23H22N4O3. The molecule has 152 valence electrons. The second-order valence-electron chi connectivity index (χ2n) is 7.22. The summed E-state index contributed by atoms with van der Waals surface area (Å²) in [5, 5.41) is 2.82. The van der Waals surface area contributed by atoms with Crippen molar-refractivity contribution in [2.45, 2.75) is 20.0 Å². The second-order valence-corrected chi connectivity index (χ2v) is 7.22. The summed E-state index contributed by atoms with van der Waals surface area (Å²) in [7, 11) is 0. The number of aryl methyl sites for hydroxylation is 1. The van der Waals surface area contributed by atoms with Crippen LogP contribution in [0.4, 0.5) is 11.5 Å². The maximum absolute atomic E-state index is 12.8. The summed E-state index contributed by atoms with van der Waals surface area (Å²) < 4.78 is 5.83. The molecule has 1 unspecified atom stereocenters. The molecule has 3 heterocycles. The summed E-state index contributed by atoms with van der Waals surface area (Å²) in [5.41, 5.74) is 2.88. The van der Waals surface area contributed by atoms with E-state index in [-0.39, 0.29) is 18.2 Å². The monoisotopic (exact) mass is 402 g/mol. The Balaban J connectivity index is 1.42. The molecule has 1 aliphatic rings. The summed E-state index contributed by atoms with van der Waals surface area (Å²) in [4.78, 5) is 35.2. The Morgan fingerprint density at radius 1 is 1.13 bits per heavy atom. The fraction of sp³-hybridized carbons (Fsp3) is 0.217. The third-order valence-electron chi connectivity index (χ3n) is 5.00. The molecule has 0 radical (unpaired) electrons. The van der Waals surface area contributed by atoms with E-state index >= 15 is 0 Å². The van der Waals surface area contributed by atoms with Crippen LogP contribution in [0.25, 0.3) is 0 Å². The average Bonchev–Trinajstić information content (AvgIpc) is 3.16. The van der Waals surface area contributed by atoms with E-state index in [9.17, 15) is 9.59 Å². The van der Waals surface area contributed by atoms with Crippen molar-refractivity contribution in [2.75, 3.05) is 16.8 Å². The molecular weight excluding hydrogens is 380 g/mol. The fourth-order valence-corrected chi connectivity index (χ4v) is 3.32. The minimum absolute atomic E-state index is 0.0609. The minimum Gasteiger partial charge on any atom is -0.485 e. The SMILES string of the molecule is Cc1ccc(N2CC(C(=O)Nc3ncccc3OCc3ccncc3)CC2=O)cc1. The van der Waals surface area contributed by atoms with Gasteiger partial charge in [-0.25, -0.2) is 4.98 Å². The van der Waals surface area contributed by atoms with Gasteiger partial charge in [0.25, 0.3) is 0 Å². The lowest BCUT2D eigenvalue weighted by molar-refractivity contribution is -0.122. The number of hydrogen-bond donors (Lipinski definition) is 1. The van der Waals surface area contributed by atoms with E-state index in [4.69, 9.17) is 4.74 Å². The van der Waals surface area contributed by atoms with Gasteiger partial charge in [0.05, 0.1) is 5.92 Å². The van der Waals surface area contributed by atoms with Crippen LogP contribution in [0.15, 0.2) is 67.1 Å². The predicted molar refractivity (Wildman–Crippen MR) is 113 cm³/mol. The largest absolute Gasteiger partial charge is 0.485 e. The van der Waals surface area contributed by atoms with Crippen molar-refractivity contribution in [3.05, 3.63) is 78.2 Å². The smallest absolute Gasteiger partial charge is 0.231 e. The summed E-state index contributed by atoms with van der Waals surface area (Å²) in [6.45, 7) is 2.67. The Kier molecular flexibility index (Phi) is 5.70. The molecule has 7 heteroatoms. The number of anilines is 2. The van der Waals surface area contributed by atoms with Gasteiger partial charge in [-0.2, -0.15) is 0 Å². The van der Waals surface area contributed by atoms with Gasteiger partial charge in [0, 0.05) is 37.2 Å². The zero-order valence-corrected chi connectivity index (χ0v) is 16.6. The zero-order valence-electron chi connectivity index (χ0n) is 16.6. The first-order valence-corrected chi connectivity index (χ1v) is 9.75. The summed E-state index contributed by atoms with van der Waals surface area (Å²) >= 11 is 0. The highest BCUT2D eigenvalue weighted by Gasteiger charge is 2.35. The topological polar surface area (TPSA) is 84.4 Å². The van der Waals surface area contributed by atoms with Crippen molar-refractivity contribution in [3.63, 3.8) is 0 Å². The van der Waals surface area contributed by atoms with Crippen LogP contribution in [0, 0.1) is 12.8 Å². The number of pyridine rings is 2. The Morgan fingerprint density at radius 3 is 2.67 bits per heavy atom. The van der Waals surface area contributed by atoms with Crippen molar-refractivity contribution in [1.29, 1.82) is 0 Å². The van der Waals surface area contributed by atoms with Gasteiger partial charge in [0.15, 0.2) is 11.6 Å². The van der Waals surface area contributed by atoms with Gasteiger partial charge < -0.3 is 15.0 Å². The van der Waals surface area contributed by atoms with Crippen LogP contribution >= 0.6 is 0 Å². The highest BCUT2D eigenvalue weighted by molar-refractivity contribution is 6.03. The number of rotatable bonds is 6. The van der Waals surface area contributed by atoms with Crippen LogP contribution in [-0.2, 0) is 16.2 Å². The lowest BCUT2D eigenvalue weighted by Crippen LogP contribution is -2.28. The Bertz CT molecular complexity index is 1040. The van der Waals surface area contributed by atoms with E-state index < -0.39 is 5.92 Å². The molecule has 0 saturated carbocycles. The van der Waals surface area contributed by atoms with E-state index in [1.165, 1.54) is 0 Å². The third kappa shape index (κ3) is 4.46. The highest BCUT2D eigenvalue weighted by Crippen LogP contribution is 2.28. The van der Waals surface area contributed by atoms with Crippen LogP contribution in [0.3, 0.4) is 0 Å². The number of hydrogen-bond acceptors (Lipinski definition) is 5. The van der Waals surface area contributed by atoms with Crippen LogP contribution in [0.2, 0.25) is 0 Å². The number of nitrogens with zero attached hydrogens (tertiary/aromatic N) is 3. The van der Waals surface area contributed by atoms with Gasteiger partial charge in [-0.3, -0.25) is 14.6 Å². The van der Waals surface area contributed by atoms with Crippen molar-refractivity contribution in [2.24, 2.45) is 5.92 Å². The average molecular weight is 402 g/mol. The maximum Gasteiger partial charge on any atom is 0.231 e. The normalized spacial score (nSPS) is 15.8. The number of benzene rings is 1. The zero-order chi connectivity index (χ0) is 20.9. The van der Waals surface area contributed by atoms with Gasteiger partial charge in [-0.05, 0) is 48.9 Å². The molecule has 1 saturated heterocycles. The first-order chi connectivity index (χ1) is 14.6. The number of amides is 2. The molecule has 4 rings (SSSR count). The molecule has 1 N–H and O–H groups in total. The molecule has 1 atom stereocenters. The molecule has 0 spiro atoms. The van der Waals surface area contributed by atoms with E-state index in [1.807, 2.05) is 43.3 Å². The van der Waals surface area contributed by atoms with Gasteiger partial charge in [-0.15, -0.1) is 0 Å².